The number of hydrogen-bond acceptors (Lipinski definition) is 5. The highest BCUT2D eigenvalue weighted by atomic mass is 16.5. The van der Waals surface area contributed by atoms with Gasteiger partial charge in [-0.2, -0.15) is 0 Å². The minimum atomic E-state index is -1.07. The summed E-state index contributed by atoms with van der Waals surface area (Å²) in [6.45, 7) is 2.05. The molecule has 0 radical (unpaired) electrons. The van der Waals surface area contributed by atoms with E-state index in [1.165, 1.54) is 24.8 Å². The number of aryl methyl sites for hydroxylation is 1. The molecule has 0 aliphatic carbocycles. The van der Waals surface area contributed by atoms with E-state index >= 15 is 0 Å². The van der Waals surface area contributed by atoms with Crippen LogP contribution in [0.15, 0.2) is 30.9 Å². The standard InChI is InChI=1S/C13H13N3O3/c1-2-3-9-6-12(16-8-15-9)19-11-7-14-5-4-10(11)13(17)18/h4-8H,2-3H2,1H3,(H,17,18). The molecule has 6 nitrogen and oxygen atoms in total. The number of carboxylic acid groups (broad SMARTS) is 1. The number of aromatic nitrogens is 3. The predicted molar refractivity (Wildman–Crippen MR) is 67.3 cm³/mol. The van der Waals surface area contributed by atoms with E-state index in [1.807, 2.05) is 6.92 Å². The van der Waals surface area contributed by atoms with Crippen molar-refractivity contribution >= 4 is 5.97 Å². The Morgan fingerprint density at radius 1 is 1.42 bits per heavy atom. The highest BCUT2D eigenvalue weighted by Crippen LogP contribution is 2.23. The SMILES string of the molecule is CCCc1cc(Oc2cnccc2C(=O)O)ncn1. The minimum absolute atomic E-state index is 0.0469. The number of carbonyl (C=O) groups is 1. The zero-order valence-electron chi connectivity index (χ0n) is 10.4. The summed E-state index contributed by atoms with van der Waals surface area (Å²) in [6.07, 6.45) is 5.93. The number of hydrogen-bond donors (Lipinski definition) is 1. The van der Waals surface area contributed by atoms with Gasteiger partial charge >= 0.3 is 5.97 Å². The molecule has 19 heavy (non-hydrogen) atoms. The molecular weight excluding hydrogens is 246 g/mol. The predicted octanol–water partition coefficient (Wildman–Crippen LogP) is 2.31. The molecule has 0 atom stereocenters. The third-order valence-electron chi connectivity index (χ3n) is 2.43. The molecule has 2 heterocycles. The number of nitrogens with zero attached hydrogens (tertiary/aromatic N) is 3. The highest BCUT2D eigenvalue weighted by molar-refractivity contribution is 5.90. The van der Waals surface area contributed by atoms with E-state index in [0.29, 0.717) is 5.88 Å². The number of rotatable bonds is 5. The van der Waals surface area contributed by atoms with Gasteiger partial charge in [0.25, 0.3) is 0 Å². The second kappa shape index (κ2) is 5.90. The van der Waals surface area contributed by atoms with Gasteiger partial charge in [-0.1, -0.05) is 13.3 Å². The monoisotopic (exact) mass is 259 g/mol. The number of ether oxygens (including phenoxy) is 1. The molecule has 0 saturated heterocycles. The molecule has 2 rings (SSSR count). The van der Waals surface area contributed by atoms with Crippen molar-refractivity contribution in [3.63, 3.8) is 0 Å². The maximum atomic E-state index is 11.0. The molecule has 6 heteroatoms. The highest BCUT2D eigenvalue weighted by Gasteiger charge is 2.12. The lowest BCUT2D eigenvalue weighted by atomic mass is 10.2. The summed E-state index contributed by atoms with van der Waals surface area (Å²) in [7, 11) is 0. The van der Waals surface area contributed by atoms with Gasteiger partial charge in [-0.05, 0) is 12.5 Å². The molecule has 0 bridgehead atoms. The smallest absolute Gasteiger partial charge is 0.339 e. The van der Waals surface area contributed by atoms with Crippen molar-refractivity contribution in [2.45, 2.75) is 19.8 Å². The van der Waals surface area contributed by atoms with Crippen LogP contribution in [-0.4, -0.2) is 26.0 Å². The van der Waals surface area contributed by atoms with E-state index in [4.69, 9.17) is 9.84 Å². The first-order chi connectivity index (χ1) is 9.20. The molecule has 2 aromatic heterocycles. The molecule has 0 spiro atoms. The van der Waals surface area contributed by atoms with Crippen LogP contribution in [0.4, 0.5) is 0 Å². The molecule has 0 amide bonds. The van der Waals surface area contributed by atoms with Gasteiger partial charge in [0.2, 0.25) is 5.88 Å². The minimum Gasteiger partial charge on any atom is -0.478 e. The van der Waals surface area contributed by atoms with Gasteiger partial charge in [0.1, 0.15) is 11.9 Å². The third kappa shape index (κ3) is 3.25. The summed E-state index contributed by atoms with van der Waals surface area (Å²) in [5.74, 6) is -0.592. The Balaban J connectivity index is 2.26. The summed E-state index contributed by atoms with van der Waals surface area (Å²) >= 11 is 0. The van der Waals surface area contributed by atoms with Crippen molar-refractivity contribution in [3.05, 3.63) is 42.1 Å². The normalized spacial score (nSPS) is 10.2. The van der Waals surface area contributed by atoms with Gasteiger partial charge in [-0.3, -0.25) is 4.98 Å². The number of pyridine rings is 1. The van der Waals surface area contributed by atoms with Gasteiger partial charge in [0.15, 0.2) is 5.75 Å². The van der Waals surface area contributed by atoms with E-state index < -0.39 is 5.97 Å². The topological polar surface area (TPSA) is 85.2 Å². The van der Waals surface area contributed by atoms with Crippen molar-refractivity contribution < 1.29 is 14.6 Å². The van der Waals surface area contributed by atoms with Crippen molar-refractivity contribution in [3.8, 4) is 11.6 Å². The van der Waals surface area contributed by atoms with Crippen molar-refractivity contribution in [2.75, 3.05) is 0 Å². The summed E-state index contributed by atoms with van der Waals surface area (Å²) < 4.78 is 5.46. The second-order valence-corrected chi connectivity index (χ2v) is 3.88. The van der Waals surface area contributed by atoms with Crippen molar-refractivity contribution in [2.24, 2.45) is 0 Å². The van der Waals surface area contributed by atoms with E-state index in [1.54, 1.807) is 6.07 Å². The largest absolute Gasteiger partial charge is 0.478 e. The molecule has 0 unspecified atom stereocenters. The van der Waals surface area contributed by atoms with Crippen LogP contribution in [-0.2, 0) is 6.42 Å². The van der Waals surface area contributed by atoms with E-state index in [-0.39, 0.29) is 11.3 Å². The van der Waals surface area contributed by atoms with Crippen LogP contribution in [0.3, 0.4) is 0 Å². The Kier molecular flexibility index (Phi) is 4.02. The summed E-state index contributed by atoms with van der Waals surface area (Å²) in [6, 6.07) is 3.08. The molecule has 98 valence electrons. The van der Waals surface area contributed by atoms with E-state index in [0.717, 1.165) is 18.5 Å². The van der Waals surface area contributed by atoms with Crippen LogP contribution in [0.1, 0.15) is 29.4 Å². The first-order valence-electron chi connectivity index (χ1n) is 5.86. The summed E-state index contributed by atoms with van der Waals surface area (Å²) in [5, 5.41) is 9.04. The lowest BCUT2D eigenvalue weighted by Crippen LogP contribution is -2.01. The Hall–Kier alpha value is -2.50. The fourth-order valence-corrected chi connectivity index (χ4v) is 1.58. The van der Waals surface area contributed by atoms with Crippen LogP contribution < -0.4 is 4.74 Å². The third-order valence-corrected chi connectivity index (χ3v) is 2.43. The van der Waals surface area contributed by atoms with Gasteiger partial charge in [0.05, 0.1) is 6.20 Å². The average Bonchev–Trinajstić information content (AvgIpc) is 2.40. The van der Waals surface area contributed by atoms with E-state index in [2.05, 4.69) is 15.0 Å². The van der Waals surface area contributed by atoms with Gasteiger partial charge in [-0.15, -0.1) is 0 Å². The number of aromatic carboxylic acids is 1. The van der Waals surface area contributed by atoms with Gasteiger partial charge in [0, 0.05) is 18.0 Å². The molecule has 0 saturated carbocycles. The average molecular weight is 259 g/mol. The second-order valence-electron chi connectivity index (χ2n) is 3.88. The molecule has 0 aliphatic rings. The maximum Gasteiger partial charge on any atom is 0.339 e. The summed E-state index contributed by atoms with van der Waals surface area (Å²) in [4.78, 5) is 23.0. The molecule has 0 aliphatic heterocycles. The van der Waals surface area contributed by atoms with Crippen LogP contribution in [0, 0.1) is 0 Å². The lowest BCUT2D eigenvalue weighted by molar-refractivity contribution is 0.0694. The molecule has 0 fully saturated rings. The van der Waals surface area contributed by atoms with Crippen molar-refractivity contribution in [1.82, 2.24) is 15.0 Å². The van der Waals surface area contributed by atoms with Gasteiger partial charge in [-0.25, -0.2) is 14.8 Å². The molecule has 2 aromatic rings. The maximum absolute atomic E-state index is 11.0. The first-order valence-corrected chi connectivity index (χ1v) is 5.86. The van der Waals surface area contributed by atoms with Crippen LogP contribution in [0.2, 0.25) is 0 Å². The fourth-order valence-electron chi connectivity index (χ4n) is 1.58. The van der Waals surface area contributed by atoms with Crippen LogP contribution in [0.25, 0.3) is 0 Å². The fraction of sp³-hybridized carbons (Fsp3) is 0.231. The lowest BCUT2D eigenvalue weighted by Gasteiger charge is -2.07. The Labute approximate surface area is 110 Å². The van der Waals surface area contributed by atoms with Crippen molar-refractivity contribution in [1.29, 1.82) is 0 Å². The Morgan fingerprint density at radius 2 is 2.26 bits per heavy atom. The zero-order valence-corrected chi connectivity index (χ0v) is 10.4. The van der Waals surface area contributed by atoms with Crippen LogP contribution in [0.5, 0.6) is 11.6 Å². The van der Waals surface area contributed by atoms with E-state index in [9.17, 15) is 4.79 Å². The Morgan fingerprint density at radius 3 is 3.00 bits per heavy atom. The molecular formula is C13H13N3O3. The molecule has 1 N–H and O–H groups in total. The quantitative estimate of drug-likeness (QED) is 0.886. The molecule has 0 aromatic carbocycles. The van der Waals surface area contributed by atoms with Crippen LogP contribution >= 0.6 is 0 Å². The summed E-state index contributed by atoms with van der Waals surface area (Å²) in [5.41, 5.74) is 0.902. The van der Waals surface area contributed by atoms with Gasteiger partial charge < -0.3 is 9.84 Å². The zero-order chi connectivity index (χ0) is 13.7. The first kappa shape index (κ1) is 12.9. The number of carboxylic acids is 1. The Bertz CT molecular complexity index is 587.